The van der Waals surface area contributed by atoms with Gasteiger partial charge >= 0.3 is 0 Å². The molecule has 0 radical (unpaired) electrons. The number of amides is 1. The Morgan fingerprint density at radius 3 is 2.68 bits per heavy atom. The van der Waals surface area contributed by atoms with Crippen LogP contribution in [0, 0.1) is 0 Å². The minimum absolute atomic E-state index is 0.000674. The van der Waals surface area contributed by atoms with E-state index in [-0.39, 0.29) is 11.9 Å². The van der Waals surface area contributed by atoms with Crippen LogP contribution in [0.2, 0.25) is 0 Å². The van der Waals surface area contributed by atoms with Gasteiger partial charge in [-0.05, 0) is 55.0 Å². The van der Waals surface area contributed by atoms with Gasteiger partial charge in [-0.25, -0.2) is 0 Å². The van der Waals surface area contributed by atoms with Gasteiger partial charge in [0.15, 0.2) is 0 Å². The monoisotopic (exact) mass is 294 g/mol. The third-order valence-electron chi connectivity index (χ3n) is 4.25. The summed E-state index contributed by atoms with van der Waals surface area (Å²) in [6, 6.07) is 16.6. The van der Waals surface area contributed by atoms with Crippen molar-refractivity contribution < 1.29 is 4.79 Å². The molecule has 1 aliphatic rings. The van der Waals surface area contributed by atoms with Crippen molar-refractivity contribution in [3.8, 4) is 0 Å². The molecule has 22 heavy (non-hydrogen) atoms. The average Bonchev–Trinajstić information content (AvgIpc) is 3.01. The van der Waals surface area contributed by atoms with E-state index < -0.39 is 0 Å². The van der Waals surface area contributed by atoms with Crippen molar-refractivity contribution in [1.29, 1.82) is 0 Å². The van der Waals surface area contributed by atoms with E-state index in [1.54, 1.807) is 0 Å². The van der Waals surface area contributed by atoms with Crippen LogP contribution in [0.5, 0.6) is 0 Å². The molecule has 0 heterocycles. The van der Waals surface area contributed by atoms with Crippen LogP contribution in [-0.4, -0.2) is 12.5 Å². The van der Waals surface area contributed by atoms with E-state index in [0.29, 0.717) is 6.54 Å². The van der Waals surface area contributed by atoms with Gasteiger partial charge in [-0.15, -0.1) is 0 Å². The third kappa shape index (κ3) is 3.55. The van der Waals surface area contributed by atoms with Crippen LogP contribution in [0.15, 0.2) is 48.5 Å². The molecule has 0 aliphatic heterocycles. The van der Waals surface area contributed by atoms with Crippen LogP contribution in [0.1, 0.15) is 36.1 Å². The molecule has 0 unspecified atom stereocenters. The summed E-state index contributed by atoms with van der Waals surface area (Å²) in [5, 5.41) is 6.24. The van der Waals surface area contributed by atoms with Gasteiger partial charge in [0.2, 0.25) is 5.91 Å². The van der Waals surface area contributed by atoms with Crippen molar-refractivity contribution >= 4 is 11.6 Å². The molecular weight excluding hydrogens is 272 g/mol. The van der Waals surface area contributed by atoms with E-state index >= 15 is 0 Å². The number of rotatable bonds is 5. The molecule has 2 aromatic rings. The summed E-state index contributed by atoms with van der Waals surface area (Å²) in [6.45, 7) is 2.38. The van der Waals surface area contributed by atoms with E-state index in [1.807, 2.05) is 24.3 Å². The first-order chi connectivity index (χ1) is 10.7. The highest BCUT2D eigenvalue weighted by Crippen LogP contribution is 2.24. The zero-order chi connectivity index (χ0) is 15.4. The fourth-order valence-corrected chi connectivity index (χ4v) is 2.96. The number of nitrogens with one attached hydrogen (secondary N) is 2. The molecule has 114 valence electrons. The molecule has 0 saturated heterocycles. The summed E-state index contributed by atoms with van der Waals surface area (Å²) < 4.78 is 0. The molecule has 3 nitrogen and oxygen atoms in total. The van der Waals surface area contributed by atoms with Gasteiger partial charge in [0, 0.05) is 11.7 Å². The van der Waals surface area contributed by atoms with Gasteiger partial charge in [-0.3, -0.25) is 4.79 Å². The lowest BCUT2D eigenvalue weighted by molar-refractivity contribution is -0.115. The summed E-state index contributed by atoms with van der Waals surface area (Å²) in [6.07, 6.45) is 3.52. The molecule has 1 aliphatic carbocycles. The van der Waals surface area contributed by atoms with Crippen molar-refractivity contribution in [2.45, 2.75) is 32.2 Å². The molecule has 0 bridgehead atoms. The molecule has 2 N–H and O–H groups in total. The second kappa shape index (κ2) is 6.75. The number of carbonyl (C=O) groups excluding carboxylic acids is 1. The van der Waals surface area contributed by atoms with Crippen molar-refractivity contribution in [3.05, 3.63) is 65.2 Å². The van der Waals surface area contributed by atoms with Crippen LogP contribution < -0.4 is 10.6 Å². The summed E-state index contributed by atoms with van der Waals surface area (Å²) in [4.78, 5) is 12.1. The maximum atomic E-state index is 12.1. The van der Waals surface area contributed by atoms with Crippen LogP contribution in [0.3, 0.4) is 0 Å². The minimum atomic E-state index is 0.000674. The van der Waals surface area contributed by atoms with Crippen molar-refractivity contribution in [3.63, 3.8) is 0 Å². The number of aryl methyl sites for hydroxylation is 2. The number of benzene rings is 2. The summed E-state index contributed by atoms with van der Waals surface area (Å²) in [5.41, 5.74) is 4.89. The van der Waals surface area contributed by atoms with Gasteiger partial charge in [0.1, 0.15) is 0 Å². The van der Waals surface area contributed by atoms with Gasteiger partial charge in [-0.1, -0.05) is 36.4 Å². The van der Waals surface area contributed by atoms with Crippen LogP contribution >= 0.6 is 0 Å². The Labute approximate surface area is 131 Å². The van der Waals surface area contributed by atoms with Crippen molar-refractivity contribution in [1.82, 2.24) is 5.32 Å². The molecular formula is C19H22N2O. The van der Waals surface area contributed by atoms with Gasteiger partial charge in [0.05, 0.1) is 6.54 Å². The number of fused-ring (bicyclic) bond motifs is 1. The first-order valence-corrected chi connectivity index (χ1v) is 7.92. The summed E-state index contributed by atoms with van der Waals surface area (Å²) in [5.74, 6) is 0.000674. The largest absolute Gasteiger partial charge is 0.325 e. The van der Waals surface area contributed by atoms with Gasteiger partial charge in [0.25, 0.3) is 0 Å². The fourth-order valence-electron chi connectivity index (χ4n) is 2.96. The number of hydrogen-bond donors (Lipinski definition) is 2. The lowest BCUT2D eigenvalue weighted by Crippen LogP contribution is -2.30. The molecule has 1 atom stereocenters. The van der Waals surface area contributed by atoms with Crippen LogP contribution in [0.4, 0.5) is 5.69 Å². The molecule has 1 amide bonds. The molecule has 0 aromatic heterocycles. The van der Waals surface area contributed by atoms with Crippen molar-refractivity contribution in [2.75, 3.05) is 11.9 Å². The predicted octanol–water partition coefficient (Wildman–Crippen LogP) is 3.46. The minimum Gasteiger partial charge on any atom is -0.325 e. The highest BCUT2D eigenvalue weighted by atomic mass is 16.1. The summed E-state index contributed by atoms with van der Waals surface area (Å²) in [7, 11) is 0. The second-order valence-corrected chi connectivity index (χ2v) is 5.90. The Kier molecular flexibility index (Phi) is 4.54. The van der Waals surface area contributed by atoms with E-state index in [9.17, 15) is 4.79 Å². The molecule has 3 heteroatoms. The Balaban J connectivity index is 1.52. The summed E-state index contributed by atoms with van der Waals surface area (Å²) >= 11 is 0. The lowest BCUT2D eigenvalue weighted by atomic mass is 10.1. The number of carbonyl (C=O) groups is 1. The first-order valence-electron chi connectivity index (χ1n) is 7.92. The number of anilines is 1. The fraction of sp³-hybridized carbons (Fsp3) is 0.316. The lowest BCUT2D eigenvalue weighted by Gasteiger charge is -2.14. The molecule has 0 saturated carbocycles. The average molecular weight is 294 g/mol. The topological polar surface area (TPSA) is 41.1 Å². The Hall–Kier alpha value is -2.13. The molecule has 2 aromatic carbocycles. The van der Waals surface area contributed by atoms with Crippen LogP contribution in [-0.2, 0) is 17.6 Å². The highest BCUT2D eigenvalue weighted by molar-refractivity contribution is 5.92. The van der Waals surface area contributed by atoms with Gasteiger partial charge < -0.3 is 10.6 Å². The SMILES string of the molecule is C[C@H](NCC(=O)Nc1ccc2c(c1)CCC2)c1ccccc1. The van der Waals surface area contributed by atoms with E-state index in [4.69, 9.17) is 0 Å². The van der Waals surface area contributed by atoms with Gasteiger partial charge in [-0.2, -0.15) is 0 Å². The smallest absolute Gasteiger partial charge is 0.238 e. The Bertz CT molecular complexity index is 652. The van der Waals surface area contributed by atoms with E-state index in [2.05, 4.69) is 41.8 Å². The highest BCUT2D eigenvalue weighted by Gasteiger charge is 2.12. The maximum Gasteiger partial charge on any atom is 0.238 e. The third-order valence-corrected chi connectivity index (χ3v) is 4.25. The second-order valence-electron chi connectivity index (χ2n) is 5.90. The molecule has 3 rings (SSSR count). The Morgan fingerprint density at radius 1 is 1.09 bits per heavy atom. The standard InChI is InChI=1S/C19H22N2O/c1-14(15-6-3-2-4-7-15)20-13-19(22)21-18-11-10-16-8-5-9-17(16)12-18/h2-4,6-7,10-12,14,20H,5,8-9,13H2,1H3,(H,21,22)/t14-/m0/s1. The van der Waals surface area contributed by atoms with E-state index in [0.717, 1.165) is 12.1 Å². The zero-order valence-electron chi connectivity index (χ0n) is 12.9. The molecule has 0 spiro atoms. The number of hydrogen-bond acceptors (Lipinski definition) is 2. The van der Waals surface area contributed by atoms with Crippen molar-refractivity contribution in [2.24, 2.45) is 0 Å². The van der Waals surface area contributed by atoms with E-state index in [1.165, 1.54) is 29.5 Å². The normalized spacial score (nSPS) is 14.4. The van der Waals surface area contributed by atoms with Crippen LogP contribution in [0.25, 0.3) is 0 Å². The zero-order valence-corrected chi connectivity index (χ0v) is 12.9. The quantitative estimate of drug-likeness (QED) is 0.886. The predicted molar refractivity (Wildman–Crippen MR) is 90.0 cm³/mol. The molecule has 0 fully saturated rings. The maximum absolute atomic E-state index is 12.1. The first kappa shape index (κ1) is 14.8. The Morgan fingerprint density at radius 2 is 1.86 bits per heavy atom.